The first kappa shape index (κ1) is 14.5. The maximum absolute atomic E-state index is 11.8. The second-order valence-electron chi connectivity index (χ2n) is 4.57. The van der Waals surface area contributed by atoms with Crippen molar-refractivity contribution in [1.29, 1.82) is 0 Å². The maximum Gasteiger partial charge on any atom is 0.238 e. The lowest BCUT2D eigenvalue weighted by Gasteiger charge is -2.22. The molecule has 0 aliphatic rings. The van der Waals surface area contributed by atoms with Gasteiger partial charge in [-0.15, -0.1) is 0 Å². The van der Waals surface area contributed by atoms with Crippen LogP contribution in [-0.2, 0) is 4.79 Å². The number of hydrogen-bond acceptors (Lipinski definition) is 4. The molecule has 0 aromatic heterocycles. The van der Waals surface area contributed by atoms with Crippen LogP contribution in [0.2, 0.25) is 0 Å². The molecule has 1 aromatic carbocycles. The number of carbonyl (C=O) groups is 1. The summed E-state index contributed by atoms with van der Waals surface area (Å²) >= 11 is 0. The normalized spacial score (nSPS) is 12.5. The predicted octanol–water partition coefficient (Wildman–Crippen LogP) is 0.828. The van der Waals surface area contributed by atoms with E-state index < -0.39 is 0 Å². The van der Waals surface area contributed by atoms with Gasteiger partial charge in [0.05, 0.1) is 13.2 Å². The zero-order valence-corrected chi connectivity index (χ0v) is 11.1. The molecule has 100 valence electrons. The minimum atomic E-state index is -0.124. The number of aliphatic hydroxyl groups excluding tert-OH is 1. The third-order valence-electron chi connectivity index (χ3n) is 2.97. The lowest BCUT2D eigenvalue weighted by molar-refractivity contribution is -0.117. The van der Waals surface area contributed by atoms with E-state index in [2.05, 4.69) is 5.32 Å². The van der Waals surface area contributed by atoms with Crippen molar-refractivity contribution >= 4 is 17.3 Å². The van der Waals surface area contributed by atoms with Gasteiger partial charge in [0.25, 0.3) is 0 Å². The quantitative estimate of drug-likeness (QED) is 0.677. The molecule has 0 radical (unpaired) electrons. The Kier molecular flexibility index (Phi) is 5.12. The predicted molar refractivity (Wildman–Crippen MR) is 73.4 cm³/mol. The molecular weight excluding hydrogens is 230 g/mol. The number of anilines is 2. The van der Waals surface area contributed by atoms with E-state index in [0.29, 0.717) is 11.4 Å². The molecule has 5 heteroatoms. The number of nitrogens with zero attached hydrogens (tertiary/aromatic N) is 1. The lowest BCUT2D eigenvalue weighted by atomic mass is 10.2. The number of nitrogen functional groups attached to an aromatic ring is 1. The van der Waals surface area contributed by atoms with E-state index in [4.69, 9.17) is 10.8 Å². The summed E-state index contributed by atoms with van der Waals surface area (Å²) in [5.74, 6) is -0.124. The summed E-state index contributed by atoms with van der Waals surface area (Å²) < 4.78 is 0. The van der Waals surface area contributed by atoms with Crippen LogP contribution < -0.4 is 11.1 Å². The van der Waals surface area contributed by atoms with Crippen molar-refractivity contribution in [1.82, 2.24) is 4.90 Å². The first-order valence-electron chi connectivity index (χ1n) is 5.91. The molecule has 1 unspecified atom stereocenters. The summed E-state index contributed by atoms with van der Waals surface area (Å²) in [4.78, 5) is 13.5. The number of aryl methyl sites for hydroxylation is 1. The molecule has 0 fully saturated rings. The van der Waals surface area contributed by atoms with Crippen LogP contribution in [0, 0.1) is 6.92 Å². The van der Waals surface area contributed by atoms with Crippen LogP contribution in [0.15, 0.2) is 18.2 Å². The van der Waals surface area contributed by atoms with Gasteiger partial charge in [-0.2, -0.15) is 0 Å². The topological polar surface area (TPSA) is 78.6 Å². The van der Waals surface area contributed by atoms with Gasteiger partial charge in [0.2, 0.25) is 5.91 Å². The van der Waals surface area contributed by atoms with Gasteiger partial charge in [-0.25, -0.2) is 0 Å². The molecule has 0 aliphatic carbocycles. The van der Waals surface area contributed by atoms with E-state index in [1.807, 2.05) is 26.0 Å². The van der Waals surface area contributed by atoms with Crippen LogP contribution in [-0.4, -0.2) is 42.2 Å². The van der Waals surface area contributed by atoms with E-state index in [0.717, 1.165) is 5.56 Å². The largest absolute Gasteiger partial charge is 0.398 e. The number of aliphatic hydroxyl groups is 1. The fourth-order valence-electron chi connectivity index (χ4n) is 1.44. The van der Waals surface area contributed by atoms with Crippen molar-refractivity contribution in [2.45, 2.75) is 19.9 Å². The van der Waals surface area contributed by atoms with Gasteiger partial charge in [-0.05, 0) is 38.6 Å². The number of amides is 1. The molecule has 1 rings (SSSR count). The van der Waals surface area contributed by atoms with E-state index in [9.17, 15) is 4.79 Å². The zero-order valence-electron chi connectivity index (χ0n) is 11.1. The van der Waals surface area contributed by atoms with E-state index in [1.165, 1.54) is 0 Å². The number of rotatable bonds is 5. The molecule has 4 N–H and O–H groups in total. The van der Waals surface area contributed by atoms with E-state index >= 15 is 0 Å². The number of likely N-dealkylation sites (N-methyl/N-ethyl adjacent to an activating group) is 1. The third kappa shape index (κ3) is 4.01. The zero-order chi connectivity index (χ0) is 13.7. The minimum absolute atomic E-state index is 0.0290. The Bertz CT molecular complexity index is 421. The average Bonchev–Trinajstić information content (AvgIpc) is 2.32. The van der Waals surface area contributed by atoms with Gasteiger partial charge in [-0.3, -0.25) is 9.69 Å². The monoisotopic (exact) mass is 251 g/mol. The molecule has 0 heterocycles. The molecule has 0 aliphatic heterocycles. The molecule has 0 saturated heterocycles. The van der Waals surface area contributed by atoms with Crippen molar-refractivity contribution in [3.8, 4) is 0 Å². The van der Waals surface area contributed by atoms with Crippen LogP contribution in [0.1, 0.15) is 12.5 Å². The Hall–Kier alpha value is -1.59. The smallest absolute Gasteiger partial charge is 0.238 e. The average molecular weight is 251 g/mol. The summed E-state index contributed by atoms with van der Waals surface area (Å²) in [6.07, 6.45) is 0. The van der Waals surface area contributed by atoms with Crippen molar-refractivity contribution in [2.75, 3.05) is 31.2 Å². The SMILES string of the molecule is Cc1ccc(NC(=O)CN(C)C(C)CO)cc1N. The van der Waals surface area contributed by atoms with Crippen LogP contribution in [0.25, 0.3) is 0 Å². The highest BCUT2D eigenvalue weighted by molar-refractivity contribution is 5.92. The summed E-state index contributed by atoms with van der Waals surface area (Å²) in [5.41, 5.74) is 8.10. The molecule has 0 bridgehead atoms. The summed E-state index contributed by atoms with van der Waals surface area (Å²) in [6, 6.07) is 5.38. The van der Waals surface area contributed by atoms with Gasteiger partial charge in [0, 0.05) is 17.4 Å². The minimum Gasteiger partial charge on any atom is -0.398 e. The molecule has 1 atom stereocenters. The molecule has 0 spiro atoms. The number of carbonyl (C=O) groups excluding carboxylic acids is 1. The van der Waals surface area contributed by atoms with Gasteiger partial charge < -0.3 is 16.2 Å². The highest BCUT2D eigenvalue weighted by atomic mass is 16.3. The van der Waals surface area contributed by atoms with Crippen LogP contribution >= 0.6 is 0 Å². The summed E-state index contributed by atoms with van der Waals surface area (Å²) in [5, 5.41) is 11.8. The Labute approximate surface area is 108 Å². The Balaban J connectivity index is 2.57. The van der Waals surface area contributed by atoms with Crippen molar-refractivity contribution in [3.63, 3.8) is 0 Å². The molecule has 5 nitrogen and oxygen atoms in total. The fraction of sp³-hybridized carbons (Fsp3) is 0.462. The highest BCUT2D eigenvalue weighted by Gasteiger charge is 2.12. The van der Waals surface area contributed by atoms with Gasteiger partial charge in [0.15, 0.2) is 0 Å². The van der Waals surface area contributed by atoms with Gasteiger partial charge >= 0.3 is 0 Å². The number of hydrogen-bond donors (Lipinski definition) is 3. The van der Waals surface area contributed by atoms with Crippen molar-refractivity contribution < 1.29 is 9.90 Å². The van der Waals surface area contributed by atoms with Gasteiger partial charge in [0.1, 0.15) is 0 Å². The van der Waals surface area contributed by atoms with E-state index in [1.54, 1.807) is 18.0 Å². The Morgan fingerprint density at radius 2 is 2.22 bits per heavy atom. The molecule has 18 heavy (non-hydrogen) atoms. The lowest BCUT2D eigenvalue weighted by Crippen LogP contribution is -2.38. The number of nitrogens with one attached hydrogen (secondary N) is 1. The molecule has 0 saturated carbocycles. The molecular formula is C13H21N3O2. The first-order chi connectivity index (χ1) is 8.43. The molecule has 1 aromatic rings. The van der Waals surface area contributed by atoms with Crippen molar-refractivity contribution in [3.05, 3.63) is 23.8 Å². The highest BCUT2D eigenvalue weighted by Crippen LogP contribution is 2.16. The summed E-state index contributed by atoms with van der Waals surface area (Å²) in [7, 11) is 1.80. The maximum atomic E-state index is 11.8. The van der Waals surface area contributed by atoms with Crippen LogP contribution in [0.3, 0.4) is 0 Å². The summed E-state index contributed by atoms with van der Waals surface area (Å²) in [6.45, 7) is 4.03. The fourth-order valence-corrected chi connectivity index (χ4v) is 1.44. The van der Waals surface area contributed by atoms with Crippen molar-refractivity contribution in [2.24, 2.45) is 0 Å². The van der Waals surface area contributed by atoms with E-state index in [-0.39, 0.29) is 25.1 Å². The molecule has 1 amide bonds. The Morgan fingerprint density at radius 3 is 2.78 bits per heavy atom. The van der Waals surface area contributed by atoms with Crippen LogP contribution in [0.4, 0.5) is 11.4 Å². The second-order valence-corrected chi connectivity index (χ2v) is 4.57. The number of benzene rings is 1. The van der Waals surface area contributed by atoms with Gasteiger partial charge in [-0.1, -0.05) is 6.07 Å². The Morgan fingerprint density at radius 1 is 1.56 bits per heavy atom. The third-order valence-corrected chi connectivity index (χ3v) is 2.97. The standard InChI is InChI=1S/C13H21N3O2/c1-9-4-5-11(6-12(9)14)15-13(18)7-16(3)10(2)8-17/h4-6,10,17H,7-8,14H2,1-3H3,(H,15,18). The second kappa shape index (κ2) is 6.37. The van der Waals surface area contributed by atoms with Crippen LogP contribution in [0.5, 0.6) is 0 Å². The first-order valence-corrected chi connectivity index (χ1v) is 5.91. The number of nitrogens with two attached hydrogens (primary N) is 1.